The van der Waals surface area contributed by atoms with Crippen molar-refractivity contribution in [2.45, 2.75) is 12.7 Å². The monoisotopic (exact) mass is 361 g/mol. The number of hydrogen-bond donors (Lipinski definition) is 0. The highest BCUT2D eigenvalue weighted by Crippen LogP contribution is 2.31. The lowest BCUT2D eigenvalue weighted by Crippen LogP contribution is -2.30. The summed E-state index contributed by atoms with van der Waals surface area (Å²) in [7, 11) is 1.61. The Morgan fingerprint density at radius 2 is 1.85 bits per heavy atom. The molecule has 1 heterocycles. The molecule has 1 aromatic heterocycles. The molecule has 0 saturated carbocycles. The maximum absolute atomic E-state index is 12.8. The Labute approximate surface area is 146 Å². The van der Waals surface area contributed by atoms with Crippen molar-refractivity contribution >= 4 is 11.6 Å². The molecule has 0 aliphatic heterocycles. The number of tetrazole rings is 1. The third kappa shape index (κ3) is 3.88. The number of halogens is 3. The third-order valence-electron chi connectivity index (χ3n) is 3.70. The van der Waals surface area contributed by atoms with E-state index in [2.05, 4.69) is 15.4 Å². The summed E-state index contributed by atoms with van der Waals surface area (Å²) in [6.45, 7) is -0.183. The number of para-hydroxylation sites is 1. The molecule has 0 aliphatic carbocycles. The highest BCUT2D eigenvalue weighted by molar-refractivity contribution is 5.92. The number of hydrogen-bond acceptors (Lipinski definition) is 4. The molecule has 1 amide bonds. The number of alkyl halides is 3. The molecular weight excluding hydrogens is 347 g/mol. The predicted octanol–water partition coefficient (Wildman–Crippen LogP) is 3.02. The van der Waals surface area contributed by atoms with E-state index < -0.39 is 11.7 Å². The van der Waals surface area contributed by atoms with Gasteiger partial charge in [0.15, 0.2) is 0 Å². The van der Waals surface area contributed by atoms with E-state index in [-0.39, 0.29) is 23.8 Å². The first-order valence-corrected chi connectivity index (χ1v) is 7.61. The average Bonchev–Trinajstić information content (AvgIpc) is 3.09. The van der Waals surface area contributed by atoms with E-state index in [9.17, 15) is 18.0 Å². The second kappa shape index (κ2) is 6.95. The van der Waals surface area contributed by atoms with E-state index in [1.165, 1.54) is 17.0 Å². The van der Waals surface area contributed by atoms with Gasteiger partial charge in [-0.15, -0.1) is 10.2 Å². The van der Waals surface area contributed by atoms with Gasteiger partial charge in [-0.05, 0) is 29.5 Å². The molecule has 0 fully saturated rings. The fourth-order valence-electron chi connectivity index (χ4n) is 2.28. The smallest absolute Gasteiger partial charge is 0.314 e. The second-order valence-electron chi connectivity index (χ2n) is 5.51. The number of nitrogens with zero attached hydrogens (tertiary/aromatic N) is 5. The summed E-state index contributed by atoms with van der Waals surface area (Å²) in [6, 6.07) is 13.6. The third-order valence-corrected chi connectivity index (χ3v) is 3.70. The first kappa shape index (κ1) is 17.6. The van der Waals surface area contributed by atoms with Gasteiger partial charge in [0.05, 0.1) is 5.56 Å². The van der Waals surface area contributed by atoms with Gasteiger partial charge in [0.1, 0.15) is 6.54 Å². The first-order valence-electron chi connectivity index (χ1n) is 7.61. The Balaban J connectivity index is 1.75. The molecule has 6 nitrogen and oxygen atoms in total. The molecule has 0 bridgehead atoms. The number of likely N-dealkylation sites (N-methyl/N-ethyl adjacent to an activating group) is 1. The Morgan fingerprint density at radius 3 is 2.54 bits per heavy atom. The molecule has 0 aliphatic rings. The minimum absolute atomic E-state index is 0.0197. The van der Waals surface area contributed by atoms with Gasteiger partial charge in [-0.2, -0.15) is 18.0 Å². The molecule has 0 spiro atoms. The zero-order valence-corrected chi connectivity index (χ0v) is 13.7. The molecule has 0 unspecified atom stereocenters. The maximum Gasteiger partial charge on any atom is 0.416 e. The van der Waals surface area contributed by atoms with Crippen molar-refractivity contribution in [3.8, 4) is 11.4 Å². The minimum atomic E-state index is -4.46. The fourth-order valence-corrected chi connectivity index (χ4v) is 2.28. The van der Waals surface area contributed by atoms with Crippen LogP contribution in [0.3, 0.4) is 0 Å². The van der Waals surface area contributed by atoms with E-state index in [0.717, 1.165) is 16.9 Å². The molecule has 26 heavy (non-hydrogen) atoms. The average molecular weight is 361 g/mol. The van der Waals surface area contributed by atoms with Crippen molar-refractivity contribution in [3.05, 3.63) is 60.2 Å². The van der Waals surface area contributed by atoms with Crippen molar-refractivity contribution in [2.24, 2.45) is 0 Å². The first-order chi connectivity index (χ1) is 12.3. The predicted molar refractivity (Wildman–Crippen MR) is 88.1 cm³/mol. The molecule has 134 valence electrons. The number of rotatable bonds is 4. The van der Waals surface area contributed by atoms with Gasteiger partial charge in [0.25, 0.3) is 0 Å². The molecule has 3 rings (SSSR count). The van der Waals surface area contributed by atoms with E-state index in [1.54, 1.807) is 31.3 Å². The summed E-state index contributed by atoms with van der Waals surface area (Å²) in [5.74, 6) is -0.268. The van der Waals surface area contributed by atoms with E-state index in [4.69, 9.17) is 0 Å². The molecule has 2 aromatic carbocycles. The van der Waals surface area contributed by atoms with Crippen LogP contribution in [0.25, 0.3) is 11.4 Å². The number of anilines is 1. The van der Waals surface area contributed by atoms with Crippen LogP contribution in [-0.2, 0) is 17.5 Å². The molecule has 0 N–H and O–H groups in total. The van der Waals surface area contributed by atoms with Crippen LogP contribution in [0.2, 0.25) is 0 Å². The van der Waals surface area contributed by atoms with E-state index in [1.807, 2.05) is 6.07 Å². The lowest BCUT2D eigenvalue weighted by Gasteiger charge is -2.16. The van der Waals surface area contributed by atoms with Crippen LogP contribution in [-0.4, -0.2) is 33.2 Å². The maximum atomic E-state index is 12.8. The normalized spacial score (nSPS) is 11.4. The lowest BCUT2D eigenvalue weighted by atomic mass is 10.1. The number of carbonyl (C=O) groups is 1. The van der Waals surface area contributed by atoms with Gasteiger partial charge >= 0.3 is 6.18 Å². The SMILES string of the molecule is CN(C(=O)Cn1nnc(-c2cccc(C(F)(F)F)c2)n1)c1ccccc1. The molecule has 0 saturated heterocycles. The zero-order chi connectivity index (χ0) is 18.7. The largest absolute Gasteiger partial charge is 0.416 e. The van der Waals surface area contributed by atoms with Gasteiger partial charge in [0.2, 0.25) is 11.7 Å². The summed E-state index contributed by atoms with van der Waals surface area (Å²) >= 11 is 0. The van der Waals surface area contributed by atoms with Crippen LogP contribution in [0, 0.1) is 0 Å². The number of aromatic nitrogens is 4. The summed E-state index contributed by atoms with van der Waals surface area (Å²) < 4.78 is 38.4. The number of carbonyl (C=O) groups excluding carboxylic acids is 1. The van der Waals surface area contributed by atoms with Crippen LogP contribution < -0.4 is 4.90 Å². The van der Waals surface area contributed by atoms with Gasteiger partial charge in [-0.1, -0.05) is 30.3 Å². The van der Waals surface area contributed by atoms with Gasteiger partial charge in [-0.3, -0.25) is 4.79 Å². The summed E-state index contributed by atoms with van der Waals surface area (Å²) in [5, 5.41) is 11.5. The summed E-state index contributed by atoms with van der Waals surface area (Å²) in [6.07, 6.45) is -4.46. The number of benzene rings is 2. The lowest BCUT2D eigenvalue weighted by molar-refractivity contribution is -0.137. The van der Waals surface area contributed by atoms with Gasteiger partial charge < -0.3 is 4.90 Å². The molecule has 0 atom stereocenters. The highest BCUT2D eigenvalue weighted by Gasteiger charge is 2.30. The molecular formula is C17H14F3N5O. The second-order valence-corrected chi connectivity index (χ2v) is 5.51. The van der Waals surface area contributed by atoms with Crippen molar-refractivity contribution in [1.82, 2.24) is 20.2 Å². The standard InChI is InChI=1S/C17H14F3N5O/c1-24(14-8-3-2-4-9-14)15(26)11-25-22-16(21-23-25)12-6-5-7-13(10-12)17(18,19)20/h2-10H,11H2,1H3. The van der Waals surface area contributed by atoms with E-state index >= 15 is 0 Å². The Morgan fingerprint density at radius 1 is 1.12 bits per heavy atom. The van der Waals surface area contributed by atoms with Crippen LogP contribution in [0.4, 0.5) is 18.9 Å². The van der Waals surface area contributed by atoms with Gasteiger partial charge in [-0.25, -0.2) is 0 Å². The topological polar surface area (TPSA) is 63.9 Å². The Kier molecular flexibility index (Phi) is 4.70. The van der Waals surface area contributed by atoms with Gasteiger partial charge in [0, 0.05) is 18.3 Å². The molecule has 9 heteroatoms. The Hall–Kier alpha value is -3.23. The quantitative estimate of drug-likeness (QED) is 0.717. The van der Waals surface area contributed by atoms with Crippen LogP contribution >= 0.6 is 0 Å². The van der Waals surface area contributed by atoms with Crippen molar-refractivity contribution in [3.63, 3.8) is 0 Å². The highest BCUT2D eigenvalue weighted by atomic mass is 19.4. The number of amides is 1. The van der Waals surface area contributed by atoms with Crippen molar-refractivity contribution in [2.75, 3.05) is 11.9 Å². The molecule has 3 aromatic rings. The Bertz CT molecular complexity index is 908. The van der Waals surface area contributed by atoms with E-state index in [0.29, 0.717) is 5.69 Å². The van der Waals surface area contributed by atoms with Crippen molar-refractivity contribution in [1.29, 1.82) is 0 Å². The fraction of sp³-hybridized carbons (Fsp3) is 0.176. The van der Waals surface area contributed by atoms with Crippen LogP contribution in [0.5, 0.6) is 0 Å². The zero-order valence-electron chi connectivity index (χ0n) is 13.7. The summed E-state index contributed by atoms with van der Waals surface area (Å²) in [5.41, 5.74) is 0.0805. The van der Waals surface area contributed by atoms with Crippen LogP contribution in [0.15, 0.2) is 54.6 Å². The van der Waals surface area contributed by atoms with Crippen molar-refractivity contribution < 1.29 is 18.0 Å². The summed E-state index contributed by atoms with van der Waals surface area (Å²) in [4.78, 5) is 14.8. The molecule has 0 radical (unpaired) electrons. The van der Waals surface area contributed by atoms with Crippen LogP contribution in [0.1, 0.15) is 5.56 Å². The minimum Gasteiger partial charge on any atom is -0.314 e.